The molecule has 1 heterocycles. The zero-order chi connectivity index (χ0) is 15.2. The van der Waals surface area contributed by atoms with Crippen LogP contribution in [0.25, 0.3) is 0 Å². The smallest absolute Gasteiger partial charge is 0.146 e. The Morgan fingerprint density at radius 1 is 0.909 bits per heavy atom. The summed E-state index contributed by atoms with van der Waals surface area (Å²) in [6.45, 7) is 5.30. The number of hydrogen-bond acceptors (Lipinski definition) is 1. The molecule has 1 N–H and O–H groups in total. The van der Waals surface area contributed by atoms with Crippen molar-refractivity contribution in [1.82, 2.24) is 0 Å². The molecular weight excluding hydrogens is 275 g/mol. The number of halogens is 1. The minimum Gasteiger partial charge on any atom is -0.358 e. The van der Waals surface area contributed by atoms with Crippen molar-refractivity contribution in [2.24, 2.45) is 0 Å². The van der Waals surface area contributed by atoms with E-state index in [-0.39, 0.29) is 5.82 Å². The number of nitrogens with zero attached hydrogens (tertiary/aromatic N) is 1. The molecule has 0 spiro atoms. The number of hydrogen-bond donors (Lipinski definition) is 1. The molecular formula is C19H24FN2+. The maximum Gasteiger partial charge on any atom is 0.146 e. The van der Waals surface area contributed by atoms with Gasteiger partial charge in [0.05, 0.1) is 38.4 Å². The maximum atomic E-state index is 13.8. The average Bonchev–Trinajstić information content (AvgIpc) is 2.57. The van der Waals surface area contributed by atoms with Crippen LogP contribution in [-0.4, -0.2) is 32.7 Å². The molecule has 0 aromatic heterocycles. The van der Waals surface area contributed by atoms with Crippen LogP contribution in [0.15, 0.2) is 54.6 Å². The first kappa shape index (κ1) is 15.0. The third-order valence-corrected chi connectivity index (χ3v) is 4.50. The summed E-state index contributed by atoms with van der Waals surface area (Å²) in [7, 11) is 0. The lowest BCUT2D eigenvalue weighted by molar-refractivity contribution is -0.900. The number of rotatable bonds is 5. The van der Waals surface area contributed by atoms with E-state index in [1.54, 1.807) is 17.0 Å². The highest BCUT2D eigenvalue weighted by molar-refractivity contribution is 5.47. The van der Waals surface area contributed by atoms with Crippen molar-refractivity contribution in [3.8, 4) is 0 Å². The number of quaternary nitrogens is 1. The van der Waals surface area contributed by atoms with Gasteiger partial charge in [0.25, 0.3) is 0 Å². The van der Waals surface area contributed by atoms with Gasteiger partial charge in [0.2, 0.25) is 0 Å². The summed E-state index contributed by atoms with van der Waals surface area (Å²) >= 11 is 0. The van der Waals surface area contributed by atoms with Crippen LogP contribution in [0.5, 0.6) is 0 Å². The van der Waals surface area contributed by atoms with Crippen LogP contribution < -0.4 is 9.80 Å². The van der Waals surface area contributed by atoms with Gasteiger partial charge in [-0.2, -0.15) is 0 Å². The Hall–Kier alpha value is -1.87. The van der Waals surface area contributed by atoms with E-state index in [0.717, 1.165) is 38.3 Å². The number of nitrogens with one attached hydrogen (secondary N) is 1. The third-order valence-electron chi connectivity index (χ3n) is 4.50. The Kier molecular flexibility index (Phi) is 5.07. The van der Waals surface area contributed by atoms with Gasteiger partial charge in [-0.15, -0.1) is 0 Å². The first-order valence-corrected chi connectivity index (χ1v) is 8.20. The summed E-state index contributed by atoms with van der Waals surface area (Å²) in [5.41, 5.74) is 2.18. The standard InChI is InChI=1S/C19H23FN2/c20-18-10-4-5-11-19(18)22-15-13-21(14-16-22)12-6-9-17-7-2-1-3-8-17/h1-5,7-8,10-11H,6,9,12-16H2/p+1. The Morgan fingerprint density at radius 2 is 1.59 bits per heavy atom. The Morgan fingerprint density at radius 3 is 2.32 bits per heavy atom. The van der Waals surface area contributed by atoms with E-state index >= 15 is 0 Å². The number of piperazine rings is 1. The summed E-state index contributed by atoms with van der Waals surface area (Å²) in [6.07, 6.45) is 2.38. The monoisotopic (exact) mass is 299 g/mol. The summed E-state index contributed by atoms with van der Waals surface area (Å²) < 4.78 is 13.8. The molecule has 0 unspecified atom stereocenters. The predicted molar refractivity (Wildman–Crippen MR) is 88.9 cm³/mol. The largest absolute Gasteiger partial charge is 0.358 e. The van der Waals surface area contributed by atoms with Crippen LogP contribution in [0.2, 0.25) is 0 Å². The number of anilines is 1. The van der Waals surface area contributed by atoms with Gasteiger partial charge >= 0.3 is 0 Å². The van der Waals surface area contributed by atoms with Crippen LogP contribution in [0.3, 0.4) is 0 Å². The van der Waals surface area contributed by atoms with Gasteiger partial charge in [0.1, 0.15) is 5.82 Å². The quantitative estimate of drug-likeness (QED) is 0.889. The van der Waals surface area contributed by atoms with E-state index in [0.29, 0.717) is 0 Å². The molecule has 1 aliphatic rings. The highest BCUT2D eigenvalue weighted by Gasteiger charge is 2.21. The summed E-state index contributed by atoms with van der Waals surface area (Å²) in [4.78, 5) is 3.82. The van der Waals surface area contributed by atoms with Gasteiger partial charge in [0, 0.05) is 6.42 Å². The fraction of sp³-hybridized carbons (Fsp3) is 0.368. The summed E-state index contributed by atoms with van der Waals surface area (Å²) in [5, 5.41) is 0. The molecule has 3 heteroatoms. The maximum absolute atomic E-state index is 13.8. The van der Waals surface area contributed by atoms with Crippen LogP contribution in [0.1, 0.15) is 12.0 Å². The first-order valence-electron chi connectivity index (χ1n) is 8.20. The van der Waals surface area contributed by atoms with Crippen LogP contribution in [0.4, 0.5) is 10.1 Å². The van der Waals surface area contributed by atoms with Crippen LogP contribution in [-0.2, 0) is 6.42 Å². The van der Waals surface area contributed by atoms with Crippen LogP contribution in [0, 0.1) is 5.82 Å². The molecule has 2 aromatic carbocycles. The SMILES string of the molecule is Fc1ccccc1N1CC[NH+](CCCc2ccccc2)CC1. The van der Waals surface area contributed by atoms with Crippen molar-refractivity contribution in [3.05, 3.63) is 66.0 Å². The summed E-state index contributed by atoms with van der Waals surface area (Å²) in [6, 6.07) is 17.8. The number of para-hydroxylation sites is 1. The zero-order valence-electron chi connectivity index (χ0n) is 13.0. The second-order valence-electron chi connectivity index (χ2n) is 6.03. The molecule has 1 fully saturated rings. The number of benzene rings is 2. The molecule has 0 aliphatic carbocycles. The molecule has 0 radical (unpaired) electrons. The van der Waals surface area contributed by atoms with Crippen LogP contribution >= 0.6 is 0 Å². The zero-order valence-corrected chi connectivity index (χ0v) is 13.0. The predicted octanol–water partition coefficient (Wildman–Crippen LogP) is 2.16. The van der Waals surface area contributed by atoms with Crippen molar-refractivity contribution in [2.45, 2.75) is 12.8 Å². The fourth-order valence-electron chi connectivity index (χ4n) is 3.21. The highest BCUT2D eigenvalue weighted by atomic mass is 19.1. The molecule has 116 valence electrons. The van der Waals surface area contributed by atoms with Gasteiger partial charge in [-0.05, 0) is 24.1 Å². The van der Waals surface area contributed by atoms with E-state index in [4.69, 9.17) is 0 Å². The Labute approximate surface area is 132 Å². The third kappa shape index (κ3) is 3.86. The van der Waals surface area contributed by atoms with Gasteiger partial charge in [-0.1, -0.05) is 42.5 Å². The van der Waals surface area contributed by atoms with Gasteiger partial charge in [-0.25, -0.2) is 4.39 Å². The molecule has 3 rings (SSSR count). The summed E-state index contributed by atoms with van der Waals surface area (Å²) in [5.74, 6) is -0.102. The second-order valence-corrected chi connectivity index (χ2v) is 6.03. The van der Waals surface area contributed by atoms with E-state index in [1.807, 2.05) is 12.1 Å². The lowest BCUT2D eigenvalue weighted by Gasteiger charge is -2.33. The topological polar surface area (TPSA) is 7.68 Å². The fourth-order valence-corrected chi connectivity index (χ4v) is 3.21. The highest BCUT2D eigenvalue weighted by Crippen LogP contribution is 2.18. The van der Waals surface area contributed by atoms with E-state index in [9.17, 15) is 4.39 Å². The van der Waals surface area contributed by atoms with E-state index < -0.39 is 0 Å². The molecule has 0 atom stereocenters. The molecule has 0 saturated carbocycles. The van der Waals surface area contributed by atoms with Crippen molar-refractivity contribution in [3.63, 3.8) is 0 Å². The lowest BCUT2D eigenvalue weighted by atomic mass is 10.1. The second kappa shape index (κ2) is 7.41. The van der Waals surface area contributed by atoms with Crippen molar-refractivity contribution in [1.29, 1.82) is 0 Å². The molecule has 1 aliphatic heterocycles. The number of aryl methyl sites for hydroxylation is 1. The molecule has 22 heavy (non-hydrogen) atoms. The molecule has 0 amide bonds. The van der Waals surface area contributed by atoms with Gasteiger partial charge in [-0.3, -0.25) is 0 Å². The Balaban J connectivity index is 1.43. The molecule has 1 saturated heterocycles. The molecule has 2 aromatic rings. The van der Waals surface area contributed by atoms with Crippen molar-refractivity contribution < 1.29 is 9.29 Å². The van der Waals surface area contributed by atoms with Crippen molar-refractivity contribution in [2.75, 3.05) is 37.6 Å². The minimum atomic E-state index is -0.102. The lowest BCUT2D eigenvalue weighted by Crippen LogP contribution is -3.14. The normalized spacial score (nSPS) is 16.0. The van der Waals surface area contributed by atoms with Gasteiger partial charge in [0.15, 0.2) is 0 Å². The Bertz CT molecular complexity index is 577. The minimum absolute atomic E-state index is 0.102. The van der Waals surface area contributed by atoms with Crippen molar-refractivity contribution >= 4 is 5.69 Å². The first-order chi connectivity index (χ1) is 10.8. The van der Waals surface area contributed by atoms with E-state index in [2.05, 4.69) is 35.2 Å². The van der Waals surface area contributed by atoms with E-state index in [1.165, 1.54) is 18.5 Å². The molecule has 0 bridgehead atoms. The van der Waals surface area contributed by atoms with Gasteiger partial charge < -0.3 is 9.80 Å². The molecule has 2 nitrogen and oxygen atoms in total. The average molecular weight is 299 g/mol.